The third kappa shape index (κ3) is 3.91. The van der Waals surface area contributed by atoms with Crippen LogP contribution in [0.5, 0.6) is 0 Å². The Hall–Kier alpha value is -1.03. The molecular weight excluding hydrogens is 258 g/mol. The first kappa shape index (κ1) is 12.0. The van der Waals surface area contributed by atoms with Gasteiger partial charge in [0.05, 0.1) is 7.11 Å². The number of ether oxygens (including phenoxy) is 1. The monoisotopic (exact) mass is 271 g/mol. The van der Waals surface area contributed by atoms with Crippen molar-refractivity contribution in [1.29, 1.82) is 0 Å². The fraction of sp³-hybridized carbons (Fsp3) is 0.364. The highest BCUT2D eigenvalue weighted by Gasteiger charge is 2.14. The van der Waals surface area contributed by atoms with Crippen LogP contribution in [0.25, 0.3) is 0 Å². The highest BCUT2D eigenvalue weighted by Crippen LogP contribution is 2.11. The lowest BCUT2D eigenvalue weighted by atomic mass is 10.2. The number of carbonyl (C=O) groups is 1. The molecule has 0 bridgehead atoms. The molecule has 0 radical (unpaired) electrons. The van der Waals surface area contributed by atoms with Crippen molar-refractivity contribution in [2.24, 2.45) is 0 Å². The van der Waals surface area contributed by atoms with Crippen LogP contribution >= 0.6 is 15.9 Å². The van der Waals surface area contributed by atoms with Gasteiger partial charge in [0.15, 0.2) is 0 Å². The van der Waals surface area contributed by atoms with Crippen LogP contribution in [0.2, 0.25) is 0 Å². The van der Waals surface area contributed by atoms with Crippen LogP contribution in [0, 0.1) is 6.92 Å². The molecule has 1 N–H and O–H groups in total. The molecule has 0 aliphatic rings. The molecule has 0 aliphatic heterocycles. The van der Waals surface area contributed by atoms with Crippen molar-refractivity contribution >= 4 is 27.6 Å². The number of hydrogen-bond donors (Lipinski definition) is 1. The summed E-state index contributed by atoms with van der Waals surface area (Å²) in [7, 11) is 1.38. The number of nitrogens with one attached hydrogen (secondary N) is 1. The SMILES string of the molecule is COC(=O)C(Br)CNc1cccc(C)c1. The van der Waals surface area contributed by atoms with E-state index in [4.69, 9.17) is 0 Å². The van der Waals surface area contributed by atoms with E-state index in [0.29, 0.717) is 6.54 Å². The Morgan fingerprint density at radius 2 is 2.33 bits per heavy atom. The Labute approximate surface area is 97.9 Å². The minimum Gasteiger partial charge on any atom is -0.468 e. The summed E-state index contributed by atoms with van der Waals surface area (Å²) in [6.45, 7) is 2.53. The summed E-state index contributed by atoms with van der Waals surface area (Å²) in [4.78, 5) is 10.8. The van der Waals surface area contributed by atoms with Gasteiger partial charge >= 0.3 is 5.97 Å². The van der Waals surface area contributed by atoms with Gasteiger partial charge in [-0.25, -0.2) is 0 Å². The molecule has 0 fully saturated rings. The number of anilines is 1. The van der Waals surface area contributed by atoms with Gasteiger partial charge < -0.3 is 10.1 Å². The van der Waals surface area contributed by atoms with E-state index in [0.717, 1.165) is 5.69 Å². The summed E-state index contributed by atoms with van der Waals surface area (Å²) in [5, 5.41) is 3.15. The average molecular weight is 272 g/mol. The van der Waals surface area contributed by atoms with Crippen LogP contribution in [-0.2, 0) is 9.53 Å². The van der Waals surface area contributed by atoms with Crippen LogP contribution in [0.4, 0.5) is 5.69 Å². The van der Waals surface area contributed by atoms with Gasteiger partial charge in [-0.1, -0.05) is 28.1 Å². The van der Waals surface area contributed by atoms with Gasteiger partial charge in [-0.15, -0.1) is 0 Å². The van der Waals surface area contributed by atoms with Crippen molar-refractivity contribution < 1.29 is 9.53 Å². The Balaban J connectivity index is 2.47. The molecule has 3 nitrogen and oxygen atoms in total. The fourth-order valence-corrected chi connectivity index (χ4v) is 1.52. The smallest absolute Gasteiger partial charge is 0.321 e. The predicted octanol–water partition coefficient (Wildman–Crippen LogP) is 2.34. The van der Waals surface area contributed by atoms with Crippen LogP contribution < -0.4 is 5.32 Å². The van der Waals surface area contributed by atoms with Gasteiger partial charge in [0, 0.05) is 12.2 Å². The molecule has 0 spiro atoms. The maximum atomic E-state index is 11.1. The van der Waals surface area contributed by atoms with Gasteiger partial charge in [-0.3, -0.25) is 4.79 Å². The largest absolute Gasteiger partial charge is 0.468 e. The van der Waals surface area contributed by atoms with E-state index in [9.17, 15) is 4.79 Å². The average Bonchev–Trinajstić information content (AvgIpc) is 2.25. The molecule has 82 valence electrons. The third-order valence-electron chi connectivity index (χ3n) is 1.96. The van der Waals surface area contributed by atoms with Crippen LogP contribution in [0.15, 0.2) is 24.3 Å². The molecule has 0 saturated heterocycles. The fourth-order valence-electron chi connectivity index (χ4n) is 1.17. The third-order valence-corrected chi connectivity index (χ3v) is 2.66. The van der Waals surface area contributed by atoms with E-state index in [-0.39, 0.29) is 10.8 Å². The number of carbonyl (C=O) groups excluding carboxylic acids is 1. The van der Waals surface area contributed by atoms with Crippen molar-refractivity contribution in [3.05, 3.63) is 29.8 Å². The van der Waals surface area contributed by atoms with E-state index in [1.165, 1.54) is 12.7 Å². The molecule has 1 unspecified atom stereocenters. The van der Waals surface area contributed by atoms with Gasteiger partial charge in [-0.2, -0.15) is 0 Å². The summed E-state index contributed by atoms with van der Waals surface area (Å²) in [6, 6.07) is 7.98. The summed E-state index contributed by atoms with van der Waals surface area (Å²) < 4.78 is 4.60. The number of halogens is 1. The Morgan fingerprint density at radius 1 is 1.60 bits per heavy atom. The van der Waals surface area contributed by atoms with Gasteiger partial charge in [0.1, 0.15) is 4.83 Å². The summed E-state index contributed by atoms with van der Waals surface area (Å²) in [5.74, 6) is -0.268. The second-order valence-electron chi connectivity index (χ2n) is 3.24. The van der Waals surface area contributed by atoms with Crippen molar-refractivity contribution in [2.75, 3.05) is 19.0 Å². The zero-order valence-electron chi connectivity index (χ0n) is 8.79. The number of hydrogen-bond acceptors (Lipinski definition) is 3. The van der Waals surface area contributed by atoms with Crippen LogP contribution in [0.3, 0.4) is 0 Å². The number of esters is 1. The number of alkyl halides is 1. The molecule has 0 amide bonds. The highest BCUT2D eigenvalue weighted by atomic mass is 79.9. The minimum atomic E-state index is -0.317. The first-order valence-corrected chi connectivity index (χ1v) is 5.57. The topological polar surface area (TPSA) is 38.3 Å². The normalized spacial score (nSPS) is 11.9. The zero-order valence-corrected chi connectivity index (χ0v) is 10.4. The number of rotatable bonds is 4. The first-order chi connectivity index (χ1) is 7.13. The summed E-state index contributed by atoms with van der Waals surface area (Å²) in [5.41, 5.74) is 2.19. The molecule has 1 aromatic rings. The second-order valence-corrected chi connectivity index (χ2v) is 4.35. The lowest BCUT2D eigenvalue weighted by molar-refractivity contribution is -0.139. The quantitative estimate of drug-likeness (QED) is 0.675. The van der Waals surface area contributed by atoms with Gasteiger partial charge in [0.25, 0.3) is 0 Å². The Bertz CT molecular complexity index is 341. The highest BCUT2D eigenvalue weighted by molar-refractivity contribution is 9.10. The van der Waals surface area contributed by atoms with E-state index in [1.807, 2.05) is 31.2 Å². The van der Waals surface area contributed by atoms with Gasteiger partial charge in [-0.05, 0) is 24.6 Å². The van der Waals surface area contributed by atoms with E-state index in [1.54, 1.807) is 0 Å². The first-order valence-electron chi connectivity index (χ1n) is 4.66. The molecular formula is C11H14BrNO2. The Morgan fingerprint density at radius 3 is 2.93 bits per heavy atom. The predicted molar refractivity (Wildman–Crippen MR) is 64.4 cm³/mol. The molecule has 0 aromatic heterocycles. The molecule has 0 saturated carbocycles. The maximum Gasteiger partial charge on any atom is 0.321 e. The van der Waals surface area contributed by atoms with Gasteiger partial charge in [0.2, 0.25) is 0 Å². The lowest BCUT2D eigenvalue weighted by Gasteiger charge is -2.10. The molecule has 15 heavy (non-hydrogen) atoms. The van der Waals surface area contributed by atoms with E-state index < -0.39 is 0 Å². The van der Waals surface area contributed by atoms with E-state index >= 15 is 0 Å². The van der Waals surface area contributed by atoms with E-state index in [2.05, 4.69) is 26.0 Å². The molecule has 1 atom stereocenters. The zero-order chi connectivity index (χ0) is 11.3. The molecule has 0 aliphatic carbocycles. The minimum absolute atomic E-state index is 0.268. The maximum absolute atomic E-state index is 11.1. The van der Waals surface area contributed by atoms with Crippen molar-refractivity contribution in [3.63, 3.8) is 0 Å². The standard InChI is InChI=1S/C11H14BrNO2/c1-8-4-3-5-9(6-8)13-7-10(12)11(14)15-2/h3-6,10,13H,7H2,1-2H3. The summed E-state index contributed by atoms with van der Waals surface area (Å²) in [6.07, 6.45) is 0. The summed E-state index contributed by atoms with van der Waals surface area (Å²) >= 11 is 3.24. The molecule has 1 rings (SSSR count). The van der Waals surface area contributed by atoms with Crippen molar-refractivity contribution in [1.82, 2.24) is 0 Å². The molecule has 4 heteroatoms. The van der Waals surface area contributed by atoms with Crippen LogP contribution in [-0.4, -0.2) is 24.5 Å². The van der Waals surface area contributed by atoms with Crippen LogP contribution in [0.1, 0.15) is 5.56 Å². The van der Waals surface area contributed by atoms with Crippen molar-refractivity contribution in [3.8, 4) is 0 Å². The Kier molecular flexibility index (Phi) is 4.62. The number of aryl methyl sites for hydroxylation is 1. The number of benzene rings is 1. The lowest BCUT2D eigenvalue weighted by Crippen LogP contribution is -2.24. The van der Waals surface area contributed by atoms with Crippen molar-refractivity contribution in [2.45, 2.75) is 11.8 Å². The second kappa shape index (κ2) is 5.75. The molecule has 0 heterocycles. The number of methoxy groups -OCH3 is 1. The molecule has 1 aromatic carbocycles.